The van der Waals surface area contributed by atoms with Crippen LogP contribution in [0.15, 0.2) is 36.4 Å². The normalized spacial score (nSPS) is 19.9. The van der Waals surface area contributed by atoms with Gasteiger partial charge in [-0.3, -0.25) is 14.9 Å². The molecular weight excluding hydrogens is 394 g/mol. The molecule has 0 radical (unpaired) electrons. The molecule has 3 N–H and O–H groups in total. The van der Waals surface area contributed by atoms with E-state index in [0.29, 0.717) is 24.1 Å². The average molecular weight is 414 g/mol. The fraction of sp³-hybridized carbons (Fsp3) is 0.286. The summed E-state index contributed by atoms with van der Waals surface area (Å²) < 4.78 is 26.4. The molecule has 30 heavy (non-hydrogen) atoms. The number of nitrogens with zero attached hydrogens (tertiary/aromatic N) is 1. The topological polar surface area (TPSA) is 90.5 Å². The number of carbonyl (C=O) groups is 3. The Hall–Kier alpha value is -3.33. The lowest BCUT2D eigenvalue weighted by molar-refractivity contribution is -0.125. The molecule has 2 aromatic carbocycles. The smallest absolute Gasteiger partial charge is 0.324 e. The van der Waals surface area contributed by atoms with E-state index in [1.165, 1.54) is 17.0 Å². The second-order valence-electron chi connectivity index (χ2n) is 7.62. The molecule has 9 heteroatoms. The SMILES string of the molecule is CN1C(=O)NC(=O)C12Cc1ccc(NC(=O)CNCc3cc(F)cc(F)c3)cc1C2. The number of halogens is 2. The van der Waals surface area contributed by atoms with Crippen LogP contribution in [0.3, 0.4) is 0 Å². The zero-order valence-corrected chi connectivity index (χ0v) is 16.2. The highest BCUT2D eigenvalue weighted by Gasteiger charge is 2.54. The Balaban J connectivity index is 1.36. The van der Waals surface area contributed by atoms with Crippen molar-refractivity contribution in [3.63, 3.8) is 0 Å². The van der Waals surface area contributed by atoms with Gasteiger partial charge in [0, 0.05) is 38.2 Å². The van der Waals surface area contributed by atoms with Gasteiger partial charge in [-0.25, -0.2) is 13.6 Å². The maximum absolute atomic E-state index is 13.2. The van der Waals surface area contributed by atoms with Crippen LogP contribution < -0.4 is 16.0 Å². The molecule has 4 amide bonds. The first-order chi connectivity index (χ1) is 14.3. The van der Waals surface area contributed by atoms with Crippen LogP contribution in [-0.2, 0) is 29.0 Å². The number of hydrogen-bond donors (Lipinski definition) is 3. The molecule has 1 fully saturated rings. The number of urea groups is 1. The molecule has 7 nitrogen and oxygen atoms in total. The minimum atomic E-state index is -0.913. The van der Waals surface area contributed by atoms with Crippen molar-refractivity contribution in [3.8, 4) is 0 Å². The van der Waals surface area contributed by atoms with Crippen LogP contribution in [0.2, 0.25) is 0 Å². The fourth-order valence-corrected chi connectivity index (χ4v) is 4.01. The Labute approximate surface area is 171 Å². The number of amides is 4. The first kappa shape index (κ1) is 20.0. The Morgan fingerprint density at radius 1 is 1.10 bits per heavy atom. The summed E-state index contributed by atoms with van der Waals surface area (Å²) in [5.41, 5.74) is 1.91. The van der Waals surface area contributed by atoms with E-state index in [1.54, 1.807) is 19.2 Å². The van der Waals surface area contributed by atoms with Crippen molar-refractivity contribution in [2.24, 2.45) is 0 Å². The van der Waals surface area contributed by atoms with Crippen LogP contribution >= 0.6 is 0 Å². The number of nitrogens with one attached hydrogen (secondary N) is 3. The number of hydrogen-bond acceptors (Lipinski definition) is 4. The molecular formula is C21H20F2N4O3. The van der Waals surface area contributed by atoms with Crippen LogP contribution in [-0.4, -0.2) is 41.9 Å². The van der Waals surface area contributed by atoms with Crippen molar-refractivity contribution in [2.45, 2.75) is 24.9 Å². The van der Waals surface area contributed by atoms with Gasteiger partial charge in [0.25, 0.3) is 5.91 Å². The van der Waals surface area contributed by atoms with Crippen molar-refractivity contribution in [1.29, 1.82) is 0 Å². The molecule has 1 aliphatic carbocycles. The van der Waals surface area contributed by atoms with E-state index in [-0.39, 0.29) is 24.9 Å². The van der Waals surface area contributed by atoms with Gasteiger partial charge < -0.3 is 15.5 Å². The number of rotatable bonds is 5. The van der Waals surface area contributed by atoms with Gasteiger partial charge >= 0.3 is 6.03 Å². The Kier molecular flexibility index (Phi) is 4.98. The lowest BCUT2D eigenvalue weighted by atomic mass is 9.95. The first-order valence-electron chi connectivity index (χ1n) is 9.43. The molecule has 0 bridgehead atoms. The van der Waals surface area contributed by atoms with E-state index in [2.05, 4.69) is 16.0 Å². The summed E-state index contributed by atoms with van der Waals surface area (Å²) in [6, 6.07) is 8.16. The zero-order chi connectivity index (χ0) is 21.5. The van der Waals surface area contributed by atoms with E-state index < -0.39 is 23.2 Å². The summed E-state index contributed by atoms with van der Waals surface area (Å²) in [4.78, 5) is 37.8. The highest BCUT2D eigenvalue weighted by atomic mass is 19.1. The van der Waals surface area contributed by atoms with Gasteiger partial charge in [-0.15, -0.1) is 0 Å². The third-order valence-electron chi connectivity index (χ3n) is 5.58. The maximum atomic E-state index is 13.2. The van der Waals surface area contributed by atoms with Gasteiger partial charge in [0.2, 0.25) is 5.91 Å². The molecule has 1 spiro atoms. The summed E-state index contributed by atoms with van der Waals surface area (Å²) in [7, 11) is 1.60. The summed E-state index contributed by atoms with van der Waals surface area (Å²) in [6.07, 6.45) is 0.805. The van der Waals surface area contributed by atoms with Gasteiger partial charge in [-0.1, -0.05) is 6.07 Å². The van der Waals surface area contributed by atoms with Crippen LogP contribution in [0.1, 0.15) is 16.7 Å². The lowest BCUT2D eigenvalue weighted by Crippen LogP contribution is -2.48. The predicted octanol–water partition coefficient (Wildman–Crippen LogP) is 1.71. The van der Waals surface area contributed by atoms with E-state index in [9.17, 15) is 23.2 Å². The monoisotopic (exact) mass is 414 g/mol. The van der Waals surface area contributed by atoms with Crippen molar-refractivity contribution in [3.05, 3.63) is 64.7 Å². The average Bonchev–Trinajstić information content (AvgIpc) is 3.14. The lowest BCUT2D eigenvalue weighted by Gasteiger charge is -2.27. The largest absolute Gasteiger partial charge is 0.325 e. The Morgan fingerprint density at radius 3 is 2.47 bits per heavy atom. The first-order valence-corrected chi connectivity index (χ1v) is 9.43. The van der Waals surface area contributed by atoms with Crippen LogP contribution in [0.5, 0.6) is 0 Å². The Bertz CT molecular complexity index is 1040. The molecule has 1 heterocycles. The quantitative estimate of drug-likeness (QED) is 0.650. The zero-order valence-electron chi connectivity index (χ0n) is 16.2. The standard InChI is InChI=1S/C21H20F2N4O3/c1-27-20(30)26-19(29)21(27)8-13-2-3-17(6-14(13)9-21)25-18(28)11-24-10-12-4-15(22)7-16(23)5-12/h2-7,24H,8-11H2,1H3,(H,25,28)(H,26,29,30). The van der Waals surface area contributed by atoms with Crippen LogP contribution in [0, 0.1) is 11.6 Å². The molecule has 0 aromatic heterocycles. The summed E-state index contributed by atoms with van der Waals surface area (Å²) in [6.45, 7) is 0.100. The van der Waals surface area contributed by atoms with E-state index >= 15 is 0 Å². The predicted molar refractivity (Wildman–Crippen MR) is 105 cm³/mol. The van der Waals surface area contributed by atoms with Crippen molar-refractivity contribution < 1.29 is 23.2 Å². The van der Waals surface area contributed by atoms with Gasteiger partial charge in [0.15, 0.2) is 0 Å². The van der Waals surface area contributed by atoms with E-state index in [0.717, 1.165) is 17.2 Å². The van der Waals surface area contributed by atoms with Crippen molar-refractivity contribution >= 4 is 23.5 Å². The van der Waals surface area contributed by atoms with Crippen LogP contribution in [0.4, 0.5) is 19.3 Å². The second-order valence-corrected chi connectivity index (χ2v) is 7.62. The minimum Gasteiger partial charge on any atom is -0.325 e. The summed E-state index contributed by atoms with van der Waals surface area (Å²) in [5.74, 6) is -1.97. The van der Waals surface area contributed by atoms with Gasteiger partial charge in [-0.05, 0) is 41.0 Å². The molecule has 1 saturated heterocycles. The van der Waals surface area contributed by atoms with E-state index in [1.807, 2.05) is 6.07 Å². The molecule has 4 rings (SSSR count). The van der Waals surface area contributed by atoms with E-state index in [4.69, 9.17) is 0 Å². The van der Waals surface area contributed by atoms with Gasteiger partial charge in [-0.2, -0.15) is 0 Å². The number of carbonyl (C=O) groups excluding carboxylic acids is 3. The van der Waals surface area contributed by atoms with Crippen molar-refractivity contribution in [2.75, 3.05) is 18.9 Å². The number of fused-ring (bicyclic) bond motifs is 1. The fourth-order valence-electron chi connectivity index (χ4n) is 4.01. The molecule has 2 aliphatic rings. The number of anilines is 1. The summed E-state index contributed by atoms with van der Waals surface area (Å²) in [5, 5.41) is 7.95. The molecule has 156 valence electrons. The molecule has 1 unspecified atom stereocenters. The maximum Gasteiger partial charge on any atom is 0.324 e. The highest BCUT2D eigenvalue weighted by Crippen LogP contribution is 2.38. The third-order valence-corrected chi connectivity index (χ3v) is 5.58. The second kappa shape index (κ2) is 7.49. The number of benzene rings is 2. The van der Waals surface area contributed by atoms with Gasteiger partial charge in [0.1, 0.15) is 17.2 Å². The molecule has 1 aliphatic heterocycles. The highest BCUT2D eigenvalue weighted by molar-refractivity contribution is 6.07. The molecule has 0 saturated carbocycles. The number of imide groups is 1. The minimum absolute atomic E-state index is 0.0429. The Morgan fingerprint density at radius 2 is 1.80 bits per heavy atom. The van der Waals surface area contributed by atoms with Crippen LogP contribution in [0.25, 0.3) is 0 Å². The van der Waals surface area contributed by atoms with Gasteiger partial charge in [0.05, 0.1) is 6.54 Å². The molecule has 1 atom stereocenters. The number of likely N-dealkylation sites (N-methyl/N-ethyl adjacent to an activating group) is 1. The third kappa shape index (κ3) is 3.63. The van der Waals surface area contributed by atoms with Crippen molar-refractivity contribution in [1.82, 2.24) is 15.5 Å². The molecule has 2 aromatic rings. The summed E-state index contributed by atoms with van der Waals surface area (Å²) >= 11 is 0.